The summed E-state index contributed by atoms with van der Waals surface area (Å²) < 4.78 is 39.4. The highest BCUT2D eigenvalue weighted by molar-refractivity contribution is 8.18. The highest BCUT2D eigenvalue weighted by atomic mass is 32.2. The molecule has 3 rings (SSSR count). The molecule has 1 aliphatic rings. The molecule has 0 aliphatic carbocycles. The standard InChI is InChI=1S/C23H22F2N2O6S/c1-3-32-17-9-4-14(12-18(17)31-2)13-19-21(29)27(23(30)34-19)11-10-26-20(28)15-5-7-16(8-6-15)33-22(24)25/h4-9,12-13,22H,3,10-11H2,1-2H3,(H,26,28). The first-order valence-electron chi connectivity index (χ1n) is 10.2. The summed E-state index contributed by atoms with van der Waals surface area (Å²) in [5, 5.41) is 2.14. The van der Waals surface area contributed by atoms with Crippen molar-refractivity contribution in [2.45, 2.75) is 13.5 Å². The number of alkyl halides is 2. The number of thioether (sulfide) groups is 1. The number of carbonyl (C=O) groups is 3. The third kappa shape index (κ3) is 6.25. The lowest BCUT2D eigenvalue weighted by molar-refractivity contribution is -0.122. The lowest BCUT2D eigenvalue weighted by Crippen LogP contribution is -2.37. The second kappa shape index (κ2) is 11.5. The molecule has 1 heterocycles. The summed E-state index contributed by atoms with van der Waals surface area (Å²) >= 11 is 0.805. The maximum Gasteiger partial charge on any atom is 0.387 e. The van der Waals surface area contributed by atoms with Crippen molar-refractivity contribution in [1.29, 1.82) is 0 Å². The summed E-state index contributed by atoms with van der Waals surface area (Å²) in [5.41, 5.74) is 0.887. The topological polar surface area (TPSA) is 94.2 Å². The average molecular weight is 493 g/mol. The highest BCUT2D eigenvalue weighted by Gasteiger charge is 2.34. The predicted octanol–water partition coefficient (Wildman–Crippen LogP) is 4.16. The molecule has 0 spiro atoms. The first-order chi connectivity index (χ1) is 16.3. The molecule has 1 fully saturated rings. The monoisotopic (exact) mass is 492 g/mol. The molecule has 1 saturated heterocycles. The Morgan fingerprint density at radius 1 is 1.15 bits per heavy atom. The van der Waals surface area contributed by atoms with E-state index in [1.165, 1.54) is 31.4 Å². The van der Waals surface area contributed by atoms with E-state index in [1.54, 1.807) is 24.3 Å². The summed E-state index contributed by atoms with van der Waals surface area (Å²) in [7, 11) is 1.51. The number of ether oxygens (including phenoxy) is 3. The fourth-order valence-electron chi connectivity index (χ4n) is 3.06. The van der Waals surface area contributed by atoms with E-state index in [0.29, 0.717) is 23.7 Å². The molecule has 2 aromatic rings. The van der Waals surface area contributed by atoms with Crippen molar-refractivity contribution in [3.05, 3.63) is 58.5 Å². The summed E-state index contributed by atoms with van der Waals surface area (Å²) in [5.74, 6) is 0.0630. The Hall–Kier alpha value is -3.60. The molecule has 8 nitrogen and oxygen atoms in total. The van der Waals surface area contributed by atoms with E-state index in [9.17, 15) is 23.2 Å². The van der Waals surface area contributed by atoms with Crippen molar-refractivity contribution in [3.63, 3.8) is 0 Å². The van der Waals surface area contributed by atoms with Crippen LogP contribution in [-0.2, 0) is 4.79 Å². The van der Waals surface area contributed by atoms with Gasteiger partial charge in [-0.25, -0.2) is 0 Å². The van der Waals surface area contributed by atoms with Gasteiger partial charge in [-0.05, 0) is 66.7 Å². The molecule has 34 heavy (non-hydrogen) atoms. The van der Waals surface area contributed by atoms with Gasteiger partial charge in [0.1, 0.15) is 5.75 Å². The number of methoxy groups -OCH3 is 1. The number of hydrogen-bond donors (Lipinski definition) is 1. The van der Waals surface area contributed by atoms with Crippen LogP contribution in [0.15, 0.2) is 47.4 Å². The zero-order chi connectivity index (χ0) is 24.7. The molecule has 0 aromatic heterocycles. The third-order valence-corrected chi connectivity index (χ3v) is 5.53. The quantitative estimate of drug-likeness (QED) is 0.498. The van der Waals surface area contributed by atoms with Crippen LogP contribution in [0.3, 0.4) is 0 Å². The summed E-state index contributed by atoms with van der Waals surface area (Å²) in [4.78, 5) is 38.5. The van der Waals surface area contributed by atoms with Gasteiger partial charge in [0.05, 0.1) is 18.6 Å². The van der Waals surface area contributed by atoms with Crippen LogP contribution in [0.2, 0.25) is 0 Å². The number of hydrogen-bond acceptors (Lipinski definition) is 7. The molecule has 1 N–H and O–H groups in total. The van der Waals surface area contributed by atoms with Crippen molar-refractivity contribution >= 4 is 34.9 Å². The van der Waals surface area contributed by atoms with Crippen molar-refractivity contribution in [3.8, 4) is 17.2 Å². The molecule has 0 atom stereocenters. The van der Waals surface area contributed by atoms with Crippen LogP contribution in [0.25, 0.3) is 6.08 Å². The Morgan fingerprint density at radius 2 is 1.88 bits per heavy atom. The van der Waals surface area contributed by atoms with Crippen LogP contribution in [0, 0.1) is 0 Å². The molecule has 180 valence electrons. The van der Waals surface area contributed by atoms with E-state index in [1.807, 2.05) is 6.92 Å². The minimum absolute atomic E-state index is 0.0209. The molecular weight excluding hydrogens is 470 g/mol. The summed E-state index contributed by atoms with van der Waals surface area (Å²) in [6, 6.07) is 10.3. The Balaban J connectivity index is 1.58. The SMILES string of the molecule is CCOc1ccc(C=C2SC(=O)N(CCNC(=O)c3ccc(OC(F)F)cc3)C2=O)cc1OC. The molecule has 0 unspecified atom stereocenters. The maximum absolute atomic E-state index is 12.7. The molecule has 0 radical (unpaired) electrons. The summed E-state index contributed by atoms with van der Waals surface area (Å²) in [6.45, 7) is -0.622. The van der Waals surface area contributed by atoms with Crippen molar-refractivity contribution in [1.82, 2.24) is 10.2 Å². The first-order valence-corrected chi connectivity index (χ1v) is 11.0. The van der Waals surface area contributed by atoms with Crippen LogP contribution in [0.1, 0.15) is 22.8 Å². The molecule has 2 aromatic carbocycles. The van der Waals surface area contributed by atoms with E-state index in [2.05, 4.69) is 10.1 Å². The van der Waals surface area contributed by atoms with Crippen molar-refractivity contribution in [2.75, 3.05) is 26.8 Å². The molecule has 1 aliphatic heterocycles. The van der Waals surface area contributed by atoms with Crippen molar-refractivity contribution in [2.24, 2.45) is 0 Å². The Kier molecular flexibility index (Phi) is 8.47. The molecular formula is C23H22F2N2O6S. The number of rotatable bonds is 10. The minimum Gasteiger partial charge on any atom is -0.493 e. The zero-order valence-electron chi connectivity index (χ0n) is 18.4. The van der Waals surface area contributed by atoms with E-state index in [0.717, 1.165) is 16.7 Å². The Bertz CT molecular complexity index is 1090. The van der Waals surface area contributed by atoms with Crippen molar-refractivity contribution < 1.29 is 37.4 Å². The fourth-order valence-corrected chi connectivity index (χ4v) is 3.93. The maximum atomic E-state index is 12.7. The molecule has 3 amide bonds. The number of nitrogens with one attached hydrogen (secondary N) is 1. The molecule has 11 heteroatoms. The van der Waals surface area contributed by atoms with E-state index in [4.69, 9.17) is 9.47 Å². The van der Waals surface area contributed by atoms with E-state index >= 15 is 0 Å². The first kappa shape index (κ1) is 25.0. The van der Waals surface area contributed by atoms with Crippen LogP contribution in [-0.4, -0.2) is 55.4 Å². The number of nitrogens with zero attached hydrogens (tertiary/aromatic N) is 1. The van der Waals surface area contributed by atoms with Gasteiger partial charge in [0, 0.05) is 18.7 Å². The van der Waals surface area contributed by atoms with E-state index < -0.39 is 23.7 Å². The smallest absolute Gasteiger partial charge is 0.387 e. The number of amides is 3. The minimum atomic E-state index is -2.96. The van der Waals surface area contributed by atoms with Gasteiger partial charge in [-0.3, -0.25) is 19.3 Å². The van der Waals surface area contributed by atoms with Crippen LogP contribution in [0.5, 0.6) is 17.2 Å². The van der Waals surface area contributed by atoms with Gasteiger partial charge in [0.25, 0.3) is 17.1 Å². The van der Waals surface area contributed by atoms with Gasteiger partial charge in [0.2, 0.25) is 0 Å². The Labute approximate surface area is 198 Å². The van der Waals surface area contributed by atoms with Gasteiger partial charge in [-0.15, -0.1) is 0 Å². The van der Waals surface area contributed by atoms with Gasteiger partial charge in [-0.2, -0.15) is 8.78 Å². The second-order valence-electron chi connectivity index (χ2n) is 6.84. The second-order valence-corrected chi connectivity index (χ2v) is 7.83. The van der Waals surface area contributed by atoms with Gasteiger partial charge in [-0.1, -0.05) is 6.07 Å². The lowest BCUT2D eigenvalue weighted by Gasteiger charge is -2.13. The Morgan fingerprint density at radius 3 is 2.53 bits per heavy atom. The number of halogens is 2. The predicted molar refractivity (Wildman–Crippen MR) is 122 cm³/mol. The number of carbonyl (C=O) groups excluding carboxylic acids is 3. The van der Waals surface area contributed by atoms with Crippen LogP contribution < -0.4 is 19.5 Å². The summed E-state index contributed by atoms with van der Waals surface area (Å²) in [6.07, 6.45) is 1.59. The normalized spacial score (nSPS) is 14.6. The highest BCUT2D eigenvalue weighted by Crippen LogP contribution is 2.34. The van der Waals surface area contributed by atoms with Crippen LogP contribution in [0.4, 0.5) is 13.6 Å². The molecule has 0 bridgehead atoms. The largest absolute Gasteiger partial charge is 0.493 e. The van der Waals surface area contributed by atoms with Crippen LogP contribution >= 0.6 is 11.8 Å². The average Bonchev–Trinajstić information content (AvgIpc) is 3.07. The van der Waals surface area contributed by atoms with Gasteiger partial charge >= 0.3 is 6.61 Å². The lowest BCUT2D eigenvalue weighted by atomic mass is 10.2. The third-order valence-electron chi connectivity index (χ3n) is 4.62. The van der Waals surface area contributed by atoms with Gasteiger partial charge < -0.3 is 19.5 Å². The number of benzene rings is 2. The fraction of sp³-hybridized carbons (Fsp3) is 0.261. The van der Waals surface area contributed by atoms with E-state index in [-0.39, 0.29) is 29.3 Å². The number of imide groups is 1. The zero-order valence-corrected chi connectivity index (χ0v) is 19.2. The molecule has 0 saturated carbocycles. The van der Waals surface area contributed by atoms with Gasteiger partial charge in [0.15, 0.2) is 11.5 Å².